The Hall–Kier alpha value is -4.62. The molecule has 7 rings (SSSR count). The van der Waals surface area contributed by atoms with Gasteiger partial charge in [0.05, 0.1) is 32.5 Å². The van der Waals surface area contributed by atoms with Crippen LogP contribution in [0, 0.1) is 13.8 Å². The Kier molecular flexibility index (Phi) is 14.9. The van der Waals surface area contributed by atoms with Gasteiger partial charge in [0.2, 0.25) is 0 Å². The van der Waals surface area contributed by atoms with Crippen molar-refractivity contribution >= 4 is 26.5 Å². The number of ether oxygens (including phenoxy) is 4. The minimum atomic E-state index is -4.08. The van der Waals surface area contributed by atoms with Crippen molar-refractivity contribution in [1.82, 2.24) is 19.1 Å². The van der Waals surface area contributed by atoms with E-state index in [0.29, 0.717) is 16.9 Å². The highest BCUT2D eigenvalue weighted by Crippen LogP contribution is 2.64. The molecule has 1 unspecified atom stereocenters. The molecule has 5 aromatic rings. The van der Waals surface area contributed by atoms with Crippen LogP contribution < -0.4 is 27.2 Å². The maximum absolute atomic E-state index is 14.9. The Bertz CT molecular complexity index is 2720. The molecule has 0 saturated carbocycles. The Balaban J connectivity index is 1.21. The van der Waals surface area contributed by atoms with Gasteiger partial charge in [-0.15, -0.1) is 0 Å². The predicted molar refractivity (Wildman–Crippen MR) is 255 cm³/mol. The van der Waals surface area contributed by atoms with Crippen LogP contribution in [0.2, 0.25) is 18.1 Å². The van der Waals surface area contributed by atoms with E-state index in [9.17, 15) is 23.7 Å². The summed E-state index contributed by atoms with van der Waals surface area (Å²) in [5, 5.41) is -0.826. The van der Waals surface area contributed by atoms with Crippen molar-refractivity contribution in [2.45, 2.75) is 107 Å². The molecule has 2 fully saturated rings. The third-order valence-corrected chi connectivity index (χ3v) is 21.5. The average Bonchev–Trinajstić information content (AvgIpc) is 3.88. The van der Waals surface area contributed by atoms with E-state index in [0.717, 1.165) is 28.1 Å². The van der Waals surface area contributed by atoms with Crippen molar-refractivity contribution in [2.75, 3.05) is 27.4 Å². The number of rotatable bonds is 17. The van der Waals surface area contributed by atoms with Crippen molar-refractivity contribution in [3.63, 3.8) is 0 Å². The molecule has 0 bridgehead atoms. The van der Waals surface area contributed by atoms with Gasteiger partial charge in [-0.05, 0) is 72.2 Å². The number of aromatic nitrogens is 4. The summed E-state index contributed by atoms with van der Waals surface area (Å²) in [6, 6.07) is 27.2. The Labute approximate surface area is 388 Å². The largest absolute Gasteiger partial charge is 0.497 e. The van der Waals surface area contributed by atoms with E-state index in [1.54, 1.807) is 21.0 Å². The minimum Gasteiger partial charge on any atom is -0.497 e. The van der Waals surface area contributed by atoms with Crippen molar-refractivity contribution in [3.05, 3.63) is 167 Å². The first-order valence-corrected chi connectivity index (χ1v) is 27.7. The number of aryl methyl sites for hydroxylation is 2. The molecule has 16 nitrogen and oxygen atoms in total. The van der Waals surface area contributed by atoms with Crippen LogP contribution in [0.3, 0.4) is 0 Å². The van der Waals surface area contributed by atoms with Gasteiger partial charge in [-0.3, -0.25) is 33.2 Å². The van der Waals surface area contributed by atoms with Crippen LogP contribution in [0.25, 0.3) is 0 Å². The molecular formula is C47H59N4O12PSSi. The van der Waals surface area contributed by atoms with Gasteiger partial charge in [-0.1, -0.05) is 93.6 Å². The van der Waals surface area contributed by atoms with Gasteiger partial charge in [0.15, 0.2) is 8.32 Å². The van der Waals surface area contributed by atoms with Crippen molar-refractivity contribution in [2.24, 2.45) is 0 Å². The fourth-order valence-corrected chi connectivity index (χ4v) is 13.1. The first kappa shape index (κ1) is 49.3. The molecule has 3 aromatic carbocycles. The van der Waals surface area contributed by atoms with Crippen molar-refractivity contribution in [3.8, 4) is 5.75 Å². The standard InChI is InChI=1S/C47H59N4O12PSSi/c1-30-26-50(44(54)48-42(30)52)40-24-36(63-66(8,9)46(3,4)5)37(61-40)29-60-64(56,58-7)65-39-25-41(51-27-31(2)43(53)49-45(51)55)62-38(39)28-59-47(32-16-12-10-13-17-32,33-18-14-11-15-19-33)34-20-22-35(57-6)23-21-34/h10-23,26-27,36-41H,24-25,28-29H2,1-9H3,(H,48,52,54)(H,49,53,55)/t36-,37+,38+,39-,40+,41+,64?/m0/s1. The Morgan fingerprint density at radius 1 is 0.727 bits per heavy atom. The molecule has 2 aromatic heterocycles. The summed E-state index contributed by atoms with van der Waals surface area (Å²) in [6.45, 7) is 9.39. The number of nitrogens with one attached hydrogen (secondary N) is 2. The van der Waals surface area contributed by atoms with Crippen LogP contribution in [-0.2, 0) is 37.9 Å². The molecule has 2 aliphatic heterocycles. The molecule has 66 heavy (non-hydrogen) atoms. The van der Waals surface area contributed by atoms with Crippen LogP contribution in [0.1, 0.15) is 73.9 Å². The van der Waals surface area contributed by atoms with Crippen LogP contribution in [0.15, 0.2) is 117 Å². The van der Waals surface area contributed by atoms with Crippen LogP contribution >= 0.6 is 18.2 Å². The van der Waals surface area contributed by atoms with E-state index in [-0.39, 0.29) is 31.1 Å². The third kappa shape index (κ3) is 10.4. The summed E-state index contributed by atoms with van der Waals surface area (Å²) in [7, 11) is 0.476. The topological polar surface area (TPSA) is 191 Å². The molecule has 2 aliphatic rings. The predicted octanol–water partition coefficient (Wildman–Crippen LogP) is 7.56. The number of methoxy groups -OCH3 is 1. The van der Waals surface area contributed by atoms with Crippen LogP contribution in [-0.4, -0.2) is 78.4 Å². The van der Waals surface area contributed by atoms with Gasteiger partial charge >= 0.3 is 18.2 Å². The molecule has 0 spiro atoms. The summed E-state index contributed by atoms with van der Waals surface area (Å²) in [4.78, 5) is 55.7. The molecule has 0 radical (unpaired) electrons. The van der Waals surface area contributed by atoms with E-state index >= 15 is 0 Å². The number of aromatic amines is 2. The highest BCUT2D eigenvalue weighted by Gasteiger charge is 2.49. The van der Waals surface area contributed by atoms with Crippen molar-refractivity contribution < 1.29 is 37.0 Å². The van der Waals surface area contributed by atoms with Gasteiger partial charge < -0.3 is 27.9 Å². The highest BCUT2D eigenvalue weighted by molar-refractivity contribution is 8.55. The minimum absolute atomic E-state index is 0.0615. The van der Waals surface area contributed by atoms with E-state index in [1.165, 1.54) is 28.6 Å². The summed E-state index contributed by atoms with van der Waals surface area (Å²) < 4.78 is 62.3. The molecule has 2 saturated heterocycles. The summed E-state index contributed by atoms with van der Waals surface area (Å²) in [5.41, 5.74) is -0.350. The van der Waals surface area contributed by atoms with E-state index in [2.05, 4.69) is 43.8 Å². The second kappa shape index (κ2) is 19.9. The number of nitrogens with zero attached hydrogens (tertiary/aromatic N) is 2. The van der Waals surface area contributed by atoms with Crippen LogP contribution in [0.5, 0.6) is 5.75 Å². The smallest absolute Gasteiger partial charge is 0.389 e. The zero-order valence-corrected chi connectivity index (χ0v) is 41.4. The summed E-state index contributed by atoms with van der Waals surface area (Å²) in [5.74, 6) is 0.668. The summed E-state index contributed by atoms with van der Waals surface area (Å²) in [6.07, 6.45) is -0.545. The molecular weight excluding hydrogens is 904 g/mol. The number of benzene rings is 3. The van der Waals surface area contributed by atoms with Gasteiger partial charge in [-0.2, -0.15) is 0 Å². The molecule has 0 amide bonds. The normalized spacial score (nSPS) is 22.3. The van der Waals surface area contributed by atoms with Gasteiger partial charge in [0.1, 0.15) is 29.9 Å². The van der Waals surface area contributed by atoms with Gasteiger partial charge in [0, 0.05) is 48.7 Å². The third-order valence-electron chi connectivity index (χ3n) is 12.7. The van der Waals surface area contributed by atoms with Gasteiger partial charge in [-0.25, -0.2) is 14.2 Å². The second-order valence-corrected chi connectivity index (χ2v) is 27.2. The fourth-order valence-electron chi connectivity index (χ4n) is 8.02. The van der Waals surface area contributed by atoms with E-state index in [1.807, 2.05) is 84.9 Å². The van der Waals surface area contributed by atoms with Crippen LogP contribution in [0.4, 0.5) is 0 Å². The zero-order chi connectivity index (χ0) is 47.6. The summed E-state index contributed by atoms with van der Waals surface area (Å²) >= 11 is 0.942. The lowest BCUT2D eigenvalue weighted by Crippen LogP contribution is -2.46. The zero-order valence-electron chi connectivity index (χ0n) is 38.7. The number of hydrogen-bond acceptors (Lipinski definition) is 13. The molecule has 0 aliphatic carbocycles. The molecule has 2 N–H and O–H groups in total. The molecule has 4 heterocycles. The number of hydrogen-bond donors (Lipinski definition) is 2. The maximum atomic E-state index is 14.9. The molecule has 7 atom stereocenters. The maximum Gasteiger partial charge on any atom is 0.389 e. The molecule has 354 valence electrons. The highest BCUT2D eigenvalue weighted by atomic mass is 32.7. The SMILES string of the molecule is COc1ccc(C(OC[C@H]2O[C@@H](n3cc(C)c(=O)[nH]c3=O)C[C@@H]2SP(=O)(OC)OC[C@H]2O[C@@H](n3cc(C)c(=O)[nH]c3=O)C[C@@H]2O[Si](C)(C)C(C)(C)C)(c2ccccc2)c2ccccc2)cc1. The lowest BCUT2D eigenvalue weighted by Gasteiger charge is -2.39. The lowest BCUT2D eigenvalue weighted by molar-refractivity contribution is -0.0765. The Morgan fingerprint density at radius 3 is 1.73 bits per heavy atom. The first-order valence-electron chi connectivity index (χ1n) is 21.8. The van der Waals surface area contributed by atoms with Gasteiger partial charge in [0.25, 0.3) is 11.1 Å². The van der Waals surface area contributed by atoms with E-state index in [4.69, 9.17) is 32.4 Å². The number of H-pyrrole nitrogens is 2. The quantitative estimate of drug-likeness (QED) is 0.0528. The molecule has 19 heteroatoms. The van der Waals surface area contributed by atoms with E-state index < -0.39 is 79.2 Å². The van der Waals surface area contributed by atoms with Crippen molar-refractivity contribution in [1.29, 1.82) is 0 Å². The average molecular weight is 963 g/mol. The Morgan fingerprint density at radius 2 is 1.23 bits per heavy atom. The lowest BCUT2D eigenvalue weighted by atomic mass is 9.80. The fraction of sp³-hybridized carbons (Fsp3) is 0.447. The first-order chi connectivity index (χ1) is 31.3. The second-order valence-electron chi connectivity index (χ2n) is 18.1. The monoisotopic (exact) mass is 962 g/mol.